The number of rotatable bonds is 3. The Bertz CT molecular complexity index is 926. The van der Waals surface area contributed by atoms with Gasteiger partial charge in [0.25, 0.3) is 0 Å². The number of hydrogen-bond acceptors (Lipinski definition) is 5. The second kappa shape index (κ2) is 6.66. The Labute approximate surface area is 183 Å². The summed E-state index contributed by atoms with van der Waals surface area (Å²) in [6.07, 6.45) is 10.7. The largest absolute Gasteiger partial charge is 0.355 e. The van der Waals surface area contributed by atoms with Crippen LogP contribution in [0, 0.1) is 22.7 Å². The third kappa shape index (κ3) is 2.77. The lowest BCUT2D eigenvalue weighted by molar-refractivity contribution is -0.140. The Balaban J connectivity index is 1.31. The lowest BCUT2D eigenvalue weighted by Crippen LogP contribution is -2.56. The number of carbonyl (C=O) groups is 2. The second-order valence-electron chi connectivity index (χ2n) is 11.2. The highest BCUT2D eigenvalue weighted by Crippen LogP contribution is 2.59. The van der Waals surface area contributed by atoms with Crippen molar-refractivity contribution in [2.75, 3.05) is 16.8 Å². The maximum absolute atomic E-state index is 13.7. The summed E-state index contributed by atoms with van der Waals surface area (Å²) in [5.41, 5.74) is 0.433. The molecule has 4 aliphatic carbocycles. The summed E-state index contributed by atoms with van der Waals surface area (Å²) in [4.78, 5) is 37.9. The fourth-order valence-electron chi connectivity index (χ4n) is 7.08. The van der Waals surface area contributed by atoms with E-state index < -0.39 is 5.41 Å². The van der Waals surface area contributed by atoms with Gasteiger partial charge in [0.2, 0.25) is 17.8 Å². The quantitative estimate of drug-likeness (QED) is 0.730. The molecule has 166 valence electrons. The molecular formula is C24H33N5O2. The number of anilines is 2. The SMILES string of the molecule is CC1(C)[C@@H]2CC(Nc3ncc4c(n3)N(C3CCCC3)C(=O)[C@]3(CCNC3=O)C4)C[C@H]1C2. The van der Waals surface area contributed by atoms with Crippen LogP contribution in [0.2, 0.25) is 0 Å². The normalized spacial score (nSPS) is 36.3. The van der Waals surface area contributed by atoms with E-state index >= 15 is 0 Å². The zero-order valence-electron chi connectivity index (χ0n) is 18.6. The molecule has 7 nitrogen and oxygen atoms in total. The van der Waals surface area contributed by atoms with Gasteiger partial charge in [-0.25, -0.2) is 4.98 Å². The van der Waals surface area contributed by atoms with Gasteiger partial charge in [-0.2, -0.15) is 4.98 Å². The summed E-state index contributed by atoms with van der Waals surface area (Å²) in [5, 5.41) is 6.48. The minimum atomic E-state index is -0.968. The lowest BCUT2D eigenvalue weighted by Gasteiger charge is -2.58. The van der Waals surface area contributed by atoms with Gasteiger partial charge in [-0.05, 0) is 55.8 Å². The molecule has 6 aliphatic rings. The average molecular weight is 424 g/mol. The Morgan fingerprint density at radius 3 is 2.52 bits per heavy atom. The van der Waals surface area contributed by atoms with Crippen LogP contribution in [0.1, 0.15) is 70.8 Å². The van der Waals surface area contributed by atoms with Crippen LogP contribution in [-0.4, -0.2) is 40.4 Å². The van der Waals surface area contributed by atoms with E-state index in [0.29, 0.717) is 36.8 Å². The second-order valence-corrected chi connectivity index (χ2v) is 11.2. The van der Waals surface area contributed by atoms with Crippen LogP contribution in [0.15, 0.2) is 6.20 Å². The summed E-state index contributed by atoms with van der Waals surface area (Å²) in [6, 6.07) is 0.545. The zero-order chi connectivity index (χ0) is 21.4. The fourth-order valence-corrected chi connectivity index (χ4v) is 7.08. The summed E-state index contributed by atoms with van der Waals surface area (Å²) >= 11 is 0. The first-order chi connectivity index (χ1) is 14.9. The molecule has 2 aliphatic heterocycles. The number of fused-ring (bicyclic) bond motifs is 3. The molecule has 3 heterocycles. The van der Waals surface area contributed by atoms with Crippen molar-refractivity contribution >= 4 is 23.6 Å². The van der Waals surface area contributed by atoms with Gasteiger partial charge in [-0.3, -0.25) is 14.5 Å². The van der Waals surface area contributed by atoms with E-state index in [4.69, 9.17) is 4.98 Å². The molecule has 2 bridgehead atoms. The highest BCUT2D eigenvalue weighted by atomic mass is 16.2. The Morgan fingerprint density at radius 2 is 1.87 bits per heavy atom. The van der Waals surface area contributed by atoms with Crippen molar-refractivity contribution in [1.82, 2.24) is 15.3 Å². The molecule has 1 saturated heterocycles. The molecule has 2 N–H and O–H groups in total. The van der Waals surface area contributed by atoms with Crippen molar-refractivity contribution in [2.45, 2.75) is 83.7 Å². The van der Waals surface area contributed by atoms with Crippen LogP contribution in [0.3, 0.4) is 0 Å². The van der Waals surface area contributed by atoms with Gasteiger partial charge in [0.15, 0.2) is 0 Å². The van der Waals surface area contributed by atoms with Crippen LogP contribution < -0.4 is 15.5 Å². The van der Waals surface area contributed by atoms with E-state index in [1.807, 2.05) is 11.1 Å². The minimum absolute atomic E-state index is 0.0489. The van der Waals surface area contributed by atoms with Crippen molar-refractivity contribution in [3.8, 4) is 0 Å². The predicted molar refractivity (Wildman–Crippen MR) is 118 cm³/mol. The van der Waals surface area contributed by atoms with Gasteiger partial charge in [0, 0.05) is 36.8 Å². The molecule has 31 heavy (non-hydrogen) atoms. The fraction of sp³-hybridized carbons (Fsp3) is 0.750. The predicted octanol–water partition coefficient (Wildman–Crippen LogP) is 3.05. The topological polar surface area (TPSA) is 87.2 Å². The zero-order valence-corrected chi connectivity index (χ0v) is 18.6. The van der Waals surface area contributed by atoms with Crippen LogP contribution in [0.25, 0.3) is 0 Å². The molecular weight excluding hydrogens is 390 g/mol. The molecule has 1 unspecified atom stereocenters. The lowest BCUT2D eigenvalue weighted by atomic mass is 9.48. The molecule has 0 aromatic carbocycles. The first kappa shape index (κ1) is 19.5. The summed E-state index contributed by atoms with van der Waals surface area (Å²) in [7, 11) is 0. The van der Waals surface area contributed by atoms with Crippen molar-refractivity contribution in [2.24, 2.45) is 22.7 Å². The van der Waals surface area contributed by atoms with Crippen molar-refractivity contribution in [3.63, 3.8) is 0 Å². The molecule has 7 heteroatoms. The molecule has 0 radical (unpaired) electrons. The van der Waals surface area contributed by atoms with E-state index in [1.165, 1.54) is 19.3 Å². The van der Waals surface area contributed by atoms with E-state index in [9.17, 15) is 9.59 Å². The van der Waals surface area contributed by atoms with Crippen molar-refractivity contribution < 1.29 is 9.59 Å². The summed E-state index contributed by atoms with van der Waals surface area (Å²) in [6.45, 7) is 5.37. The van der Waals surface area contributed by atoms with Gasteiger partial charge >= 0.3 is 0 Å². The van der Waals surface area contributed by atoms with Crippen molar-refractivity contribution in [3.05, 3.63) is 11.8 Å². The van der Waals surface area contributed by atoms with Crippen molar-refractivity contribution in [1.29, 1.82) is 0 Å². The van der Waals surface area contributed by atoms with E-state index in [2.05, 4.69) is 29.5 Å². The molecule has 1 aromatic heterocycles. The maximum Gasteiger partial charge on any atom is 0.244 e. The van der Waals surface area contributed by atoms with Crippen LogP contribution in [0.5, 0.6) is 0 Å². The number of amides is 2. The van der Waals surface area contributed by atoms with Crippen LogP contribution in [0.4, 0.5) is 11.8 Å². The maximum atomic E-state index is 13.7. The molecule has 4 atom stereocenters. The van der Waals surface area contributed by atoms with Gasteiger partial charge in [0.05, 0.1) is 0 Å². The van der Waals surface area contributed by atoms with Crippen LogP contribution >= 0.6 is 0 Å². The summed E-state index contributed by atoms with van der Waals surface area (Å²) < 4.78 is 0. The number of aromatic nitrogens is 2. The minimum Gasteiger partial charge on any atom is -0.355 e. The molecule has 1 spiro atoms. The third-order valence-electron chi connectivity index (χ3n) is 9.30. The molecule has 1 aromatic rings. The Kier molecular flexibility index (Phi) is 4.19. The van der Waals surface area contributed by atoms with E-state index in [1.54, 1.807) is 0 Å². The van der Waals surface area contributed by atoms with Gasteiger partial charge in [-0.15, -0.1) is 0 Å². The van der Waals surface area contributed by atoms with Gasteiger partial charge < -0.3 is 10.6 Å². The number of nitrogens with one attached hydrogen (secondary N) is 2. The van der Waals surface area contributed by atoms with E-state index in [0.717, 1.165) is 48.9 Å². The molecule has 2 amide bonds. The number of nitrogens with zero attached hydrogens (tertiary/aromatic N) is 3. The van der Waals surface area contributed by atoms with Crippen LogP contribution in [-0.2, 0) is 16.0 Å². The van der Waals surface area contributed by atoms with Gasteiger partial charge in [0.1, 0.15) is 11.2 Å². The number of hydrogen-bond donors (Lipinski definition) is 2. The highest BCUT2D eigenvalue weighted by molar-refractivity contribution is 6.14. The van der Waals surface area contributed by atoms with E-state index in [-0.39, 0.29) is 17.9 Å². The third-order valence-corrected chi connectivity index (χ3v) is 9.30. The molecule has 5 fully saturated rings. The molecule has 7 rings (SSSR count). The Morgan fingerprint density at radius 1 is 1.13 bits per heavy atom. The first-order valence-electron chi connectivity index (χ1n) is 12.1. The standard InChI is InChI=1S/C24H33N5O2/c1-23(2)15-9-16(23)11-17(10-15)27-22-26-13-14-12-24(7-8-25-20(24)30)21(31)29(19(14)28-22)18-5-3-4-6-18/h13,15-18H,3-12H2,1-2H3,(H,25,30)(H,26,27,28)/t15-,16+,17?,24-/m1/s1. The average Bonchev–Trinajstić information content (AvgIpc) is 3.40. The van der Waals surface area contributed by atoms with Gasteiger partial charge in [-0.1, -0.05) is 26.7 Å². The first-order valence-corrected chi connectivity index (χ1v) is 12.1. The highest BCUT2D eigenvalue weighted by Gasteiger charge is 2.56. The smallest absolute Gasteiger partial charge is 0.244 e. The molecule has 4 saturated carbocycles. The number of carbonyl (C=O) groups excluding carboxylic acids is 2. The monoisotopic (exact) mass is 423 g/mol. The summed E-state index contributed by atoms with van der Waals surface area (Å²) in [5.74, 6) is 2.74. The Hall–Kier alpha value is -2.18.